The van der Waals surface area contributed by atoms with Crippen molar-refractivity contribution in [1.29, 1.82) is 0 Å². The van der Waals surface area contributed by atoms with E-state index in [1.807, 2.05) is 13.0 Å². The summed E-state index contributed by atoms with van der Waals surface area (Å²) in [6, 6.07) is 5.26. The van der Waals surface area contributed by atoms with Crippen LogP contribution in [0.4, 0.5) is 5.69 Å². The monoisotopic (exact) mass is 407 g/mol. The molecule has 0 saturated carbocycles. The van der Waals surface area contributed by atoms with Gasteiger partial charge in [-0.3, -0.25) is 4.79 Å². The first kappa shape index (κ1) is 19.7. The second-order valence-electron chi connectivity index (χ2n) is 6.83. The van der Waals surface area contributed by atoms with Crippen molar-refractivity contribution in [2.45, 2.75) is 33.1 Å². The summed E-state index contributed by atoms with van der Waals surface area (Å²) in [4.78, 5) is 26.3. The van der Waals surface area contributed by atoms with Gasteiger partial charge in [-0.1, -0.05) is 18.5 Å². The first-order valence-corrected chi connectivity index (χ1v) is 9.99. The third-order valence-electron chi connectivity index (χ3n) is 4.62. The average Bonchev–Trinajstić information content (AvgIpc) is 3.05. The maximum absolute atomic E-state index is 12.3. The van der Waals surface area contributed by atoms with Crippen molar-refractivity contribution < 1.29 is 19.1 Å². The number of methoxy groups -OCH3 is 1. The minimum Gasteiger partial charge on any atom is -0.495 e. The number of thiophene rings is 1. The molecule has 1 heterocycles. The van der Waals surface area contributed by atoms with Crippen LogP contribution in [-0.2, 0) is 22.4 Å². The number of halogens is 1. The van der Waals surface area contributed by atoms with Crippen LogP contribution in [0.5, 0.6) is 5.75 Å². The summed E-state index contributed by atoms with van der Waals surface area (Å²) < 4.78 is 10.4. The van der Waals surface area contributed by atoms with Crippen LogP contribution in [0.1, 0.15) is 39.0 Å². The van der Waals surface area contributed by atoms with Gasteiger partial charge in [-0.05, 0) is 55.4 Å². The fourth-order valence-electron chi connectivity index (χ4n) is 3.12. The number of amides is 1. The summed E-state index contributed by atoms with van der Waals surface area (Å²) in [7, 11) is 1.50. The number of benzene rings is 1. The molecule has 1 aliphatic carbocycles. The lowest BCUT2D eigenvalue weighted by molar-refractivity contribution is -0.119. The number of aryl methyl sites for hydroxylation is 2. The zero-order chi connectivity index (χ0) is 19.6. The lowest BCUT2D eigenvalue weighted by Gasteiger charge is -2.16. The van der Waals surface area contributed by atoms with Gasteiger partial charge in [-0.2, -0.15) is 0 Å². The van der Waals surface area contributed by atoms with Gasteiger partial charge in [0.15, 0.2) is 6.61 Å². The van der Waals surface area contributed by atoms with Gasteiger partial charge in [0.05, 0.1) is 12.8 Å². The number of carbonyl (C=O) groups excluding carboxylic acids is 2. The summed E-state index contributed by atoms with van der Waals surface area (Å²) in [5, 5.41) is 3.24. The van der Waals surface area contributed by atoms with E-state index < -0.39 is 11.9 Å². The molecule has 0 aliphatic heterocycles. The van der Waals surface area contributed by atoms with Crippen LogP contribution in [0.2, 0.25) is 5.02 Å². The van der Waals surface area contributed by atoms with E-state index in [0.29, 0.717) is 27.3 Å². The second-order valence-corrected chi connectivity index (χ2v) is 8.38. The molecule has 1 aromatic carbocycles. The van der Waals surface area contributed by atoms with Crippen molar-refractivity contribution >= 4 is 40.5 Å². The van der Waals surface area contributed by atoms with Crippen LogP contribution in [-0.4, -0.2) is 25.6 Å². The highest BCUT2D eigenvalue weighted by Gasteiger charge is 2.22. The van der Waals surface area contributed by atoms with Crippen molar-refractivity contribution in [2.75, 3.05) is 19.0 Å². The predicted molar refractivity (Wildman–Crippen MR) is 107 cm³/mol. The fraction of sp³-hybridized carbons (Fsp3) is 0.400. The predicted octanol–water partition coefficient (Wildman–Crippen LogP) is 4.64. The molecule has 1 unspecified atom stereocenters. The molecule has 1 aromatic heterocycles. The normalized spacial score (nSPS) is 15.8. The van der Waals surface area contributed by atoms with Gasteiger partial charge in [0.25, 0.3) is 5.91 Å². The van der Waals surface area contributed by atoms with Crippen molar-refractivity contribution in [3.05, 3.63) is 44.1 Å². The molecule has 1 atom stereocenters. The zero-order valence-electron chi connectivity index (χ0n) is 15.6. The average molecular weight is 408 g/mol. The van der Waals surface area contributed by atoms with Gasteiger partial charge >= 0.3 is 5.97 Å². The molecule has 2 aromatic rings. The number of rotatable bonds is 5. The third kappa shape index (κ3) is 4.62. The zero-order valence-corrected chi connectivity index (χ0v) is 17.1. The summed E-state index contributed by atoms with van der Waals surface area (Å²) in [6.07, 6.45) is 3.15. The Morgan fingerprint density at radius 3 is 2.85 bits per heavy atom. The molecule has 1 aliphatic rings. The third-order valence-corrected chi connectivity index (χ3v) is 6.24. The lowest BCUT2D eigenvalue weighted by Crippen LogP contribution is -2.21. The Hall–Kier alpha value is -2.05. The van der Waals surface area contributed by atoms with Crippen LogP contribution in [0.3, 0.4) is 0 Å². The van der Waals surface area contributed by atoms with E-state index in [-0.39, 0.29) is 6.61 Å². The molecule has 1 N–H and O–H groups in total. The first-order chi connectivity index (χ1) is 12.9. The van der Waals surface area contributed by atoms with Crippen molar-refractivity contribution in [1.82, 2.24) is 0 Å². The van der Waals surface area contributed by atoms with E-state index in [1.165, 1.54) is 28.9 Å². The molecule has 0 saturated heterocycles. The second kappa shape index (κ2) is 8.31. The fourth-order valence-corrected chi connectivity index (χ4v) is 4.38. The Balaban J connectivity index is 1.60. The molecule has 5 nitrogen and oxygen atoms in total. The van der Waals surface area contributed by atoms with Crippen molar-refractivity contribution in [3.8, 4) is 5.75 Å². The topological polar surface area (TPSA) is 64.6 Å². The number of fused-ring (bicyclic) bond motifs is 1. The standard InChI is InChI=1S/C20H22ClNO4S/c1-11-4-5-17-13(6-11)8-18(27-17)20(24)26-10-19(23)22-15-7-12(2)14(21)9-16(15)25-3/h7-9,11H,4-6,10H2,1-3H3,(H,22,23). The van der Waals surface area contributed by atoms with Crippen LogP contribution in [0, 0.1) is 12.8 Å². The lowest BCUT2D eigenvalue weighted by atomic mass is 9.90. The highest BCUT2D eigenvalue weighted by molar-refractivity contribution is 7.14. The van der Waals surface area contributed by atoms with E-state index >= 15 is 0 Å². The van der Waals surface area contributed by atoms with Crippen molar-refractivity contribution in [3.63, 3.8) is 0 Å². The van der Waals surface area contributed by atoms with Gasteiger partial charge in [0, 0.05) is 16.0 Å². The number of esters is 1. The minimum atomic E-state index is -0.462. The summed E-state index contributed by atoms with van der Waals surface area (Å²) >= 11 is 7.53. The van der Waals surface area contributed by atoms with Crippen LogP contribution in [0.25, 0.3) is 0 Å². The van der Waals surface area contributed by atoms with Gasteiger partial charge in [-0.15, -0.1) is 11.3 Å². The minimum absolute atomic E-state index is 0.359. The smallest absolute Gasteiger partial charge is 0.348 e. The number of carbonyl (C=O) groups is 2. The van der Waals surface area contributed by atoms with Gasteiger partial charge in [0.1, 0.15) is 10.6 Å². The Morgan fingerprint density at radius 1 is 1.33 bits per heavy atom. The number of nitrogens with one attached hydrogen (secondary N) is 1. The quantitative estimate of drug-likeness (QED) is 0.733. The van der Waals surface area contributed by atoms with Gasteiger partial charge in [0.2, 0.25) is 0 Å². The molecule has 0 radical (unpaired) electrons. The van der Waals surface area contributed by atoms with Crippen molar-refractivity contribution in [2.24, 2.45) is 5.92 Å². The molecule has 27 heavy (non-hydrogen) atoms. The molecule has 3 rings (SSSR count). The largest absolute Gasteiger partial charge is 0.495 e. The molecule has 0 spiro atoms. The highest BCUT2D eigenvalue weighted by Crippen LogP contribution is 2.33. The first-order valence-electron chi connectivity index (χ1n) is 8.80. The Morgan fingerprint density at radius 2 is 2.11 bits per heavy atom. The van der Waals surface area contributed by atoms with Crippen LogP contribution < -0.4 is 10.1 Å². The van der Waals surface area contributed by atoms with Crippen LogP contribution in [0.15, 0.2) is 18.2 Å². The molecular formula is C20H22ClNO4S. The van der Waals surface area contributed by atoms with E-state index in [1.54, 1.807) is 12.1 Å². The SMILES string of the molecule is COc1cc(Cl)c(C)cc1NC(=O)COC(=O)c1cc2c(s1)CCC(C)C2. The maximum atomic E-state index is 12.3. The summed E-state index contributed by atoms with van der Waals surface area (Å²) in [6.45, 7) is 3.69. The Kier molecular flexibility index (Phi) is 6.07. The van der Waals surface area contributed by atoms with Gasteiger partial charge < -0.3 is 14.8 Å². The van der Waals surface area contributed by atoms with Crippen LogP contribution >= 0.6 is 22.9 Å². The molecule has 7 heteroatoms. The number of hydrogen-bond donors (Lipinski definition) is 1. The molecule has 0 bridgehead atoms. The Labute approximate surface area is 167 Å². The Bertz CT molecular complexity index is 877. The maximum Gasteiger partial charge on any atom is 0.348 e. The number of ether oxygens (including phenoxy) is 2. The highest BCUT2D eigenvalue weighted by atomic mass is 35.5. The summed E-state index contributed by atoms with van der Waals surface area (Å²) in [5.41, 5.74) is 2.53. The molecule has 0 fully saturated rings. The molecule has 1 amide bonds. The van der Waals surface area contributed by atoms with E-state index in [9.17, 15) is 9.59 Å². The van der Waals surface area contributed by atoms with E-state index in [4.69, 9.17) is 21.1 Å². The van der Waals surface area contributed by atoms with E-state index in [0.717, 1.165) is 24.8 Å². The van der Waals surface area contributed by atoms with E-state index in [2.05, 4.69) is 12.2 Å². The van der Waals surface area contributed by atoms with Gasteiger partial charge in [-0.25, -0.2) is 4.79 Å². The number of anilines is 1. The molecular weight excluding hydrogens is 386 g/mol. The summed E-state index contributed by atoms with van der Waals surface area (Å²) in [5.74, 6) is 0.194. The molecule has 144 valence electrons. The number of hydrogen-bond acceptors (Lipinski definition) is 5.